The Morgan fingerprint density at radius 3 is 2.69 bits per heavy atom. The summed E-state index contributed by atoms with van der Waals surface area (Å²) in [6.45, 7) is 2.30. The SMILES string of the molecule is CCOc1ccccc1NC(=O)c1cnc2scc(-c3cc(OC)ccc3OC)n2c1=O. The summed E-state index contributed by atoms with van der Waals surface area (Å²) >= 11 is 1.29. The van der Waals surface area contributed by atoms with Gasteiger partial charge in [-0.2, -0.15) is 0 Å². The molecule has 32 heavy (non-hydrogen) atoms. The van der Waals surface area contributed by atoms with Crippen LogP contribution < -0.4 is 25.1 Å². The van der Waals surface area contributed by atoms with Gasteiger partial charge in [-0.05, 0) is 37.3 Å². The highest BCUT2D eigenvalue weighted by Gasteiger charge is 2.20. The monoisotopic (exact) mass is 451 g/mol. The summed E-state index contributed by atoms with van der Waals surface area (Å²) in [5.41, 5.74) is 1.12. The van der Waals surface area contributed by atoms with E-state index in [1.165, 1.54) is 21.9 Å². The second-order valence-electron chi connectivity index (χ2n) is 6.67. The van der Waals surface area contributed by atoms with Gasteiger partial charge in [0.25, 0.3) is 11.5 Å². The van der Waals surface area contributed by atoms with Crippen LogP contribution in [-0.4, -0.2) is 36.1 Å². The zero-order valence-corrected chi connectivity index (χ0v) is 18.6. The highest BCUT2D eigenvalue weighted by molar-refractivity contribution is 7.15. The summed E-state index contributed by atoms with van der Waals surface area (Å²) in [6, 6.07) is 12.4. The van der Waals surface area contributed by atoms with Crippen molar-refractivity contribution >= 4 is 27.9 Å². The van der Waals surface area contributed by atoms with Gasteiger partial charge in [-0.15, -0.1) is 11.3 Å². The molecule has 0 bridgehead atoms. The van der Waals surface area contributed by atoms with E-state index in [0.29, 0.717) is 45.8 Å². The van der Waals surface area contributed by atoms with E-state index in [-0.39, 0.29) is 5.56 Å². The van der Waals surface area contributed by atoms with Crippen molar-refractivity contribution in [2.75, 3.05) is 26.1 Å². The second kappa shape index (κ2) is 9.11. The number of para-hydroxylation sites is 2. The Bertz CT molecular complexity index is 1350. The Balaban J connectivity index is 1.79. The van der Waals surface area contributed by atoms with Crippen molar-refractivity contribution in [2.24, 2.45) is 0 Å². The maximum absolute atomic E-state index is 13.3. The lowest BCUT2D eigenvalue weighted by Crippen LogP contribution is -2.26. The fourth-order valence-corrected chi connectivity index (χ4v) is 4.14. The molecule has 2 heterocycles. The molecule has 0 spiro atoms. The number of ether oxygens (including phenoxy) is 3. The topological polar surface area (TPSA) is 91.2 Å². The number of anilines is 1. The molecule has 0 saturated carbocycles. The number of hydrogen-bond acceptors (Lipinski definition) is 7. The molecule has 0 atom stereocenters. The number of rotatable bonds is 7. The molecule has 0 radical (unpaired) electrons. The molecule has 0 fully saturated rings. The standard InChI is InChI=1S/C23H21N3O5S/c1-4-31-20-8-6-5-7-17(20)25-21(27)16-12-24-23-26(22(16)28)18(13-32-23)15-11-14(29-2)9-10-19(15)30-3/h5-13H,4H2,1-3H3,(H,25,27). The van der Waals surface area contributed by atoms with Crippen molar-refractivity contribution in [1.82, 2.24) is 9.38 Å². The molecule has 2 aromatic carbocycles. The Hall–Kier alpha value is -3.85. The van der Waals surface area contributed by atoms with Gasteiger partial charge in [0.2, 0.25) is 0 Å². The molecular weight excluding hydrogens is 430 g/mol. The summed E-state index contributed by atoms with van der Waals surface area (Å²) < 4.78 is 17.7. The molecule has 4 rings (SSSR count). The number of carbonyl (C=O) groups is 1. The van der Waals surface area contributed by atoms with Crippen LogP contribution in [0.2, 0.25) is 0 Å². The van der Waals surface area contributed by atoms with Crippen LogP contribution in [0.5, 0.6) is 17.2 Å². The molecule has 0 saturated heterocycles. The van der Waals surface area contributed by atoms with Gasteiger partial charge >= 0.3 is 0 Å². The Morgan fingerprint density at radius 1 is 1.12 bits per heavy atom. The fraction of sp³-hybridized carbons (Fsp3) is 0.174. The van der Waals surface area contributed by atoms with Crippen LogP contribution in [0.1, 0.15) is 17.3 Å². The van der Waals surface area contributed by atoms with Crippen LogP contribution in [0.4, 0.5) is 5.69 Å². The molecule has 4 aromatic rings. The van der Waals surface area contributed by atoms with Gasteiger partial charge in [-0.25, -0.2) is 4.98 Å². The van der Waals surface area contributed by atoms with Crippen molar-refractivity contribution in [1.29, 1.82) is 0 Å². The number of thiazole rings is 1. The Kier molecular flexibility index (Phi) is 6.09. The molecule has 0 unspecified atom stereocenters. The molecule has 2 aromatic heterocycles. The first-order valence-corrected chi connectivity index (χ1v) is 10.7. The summed E-state index contributed by atoms with van der Waals surface area (Å²) in [5, 5.41) is 4.55. The smallest absolute Gasteiger partial charge is 0.271 e. The number of hydrogen-bond donors (Lipinski definition) is 1. The van der Waals surface area contributed by atoms with Crippen LogP contribution >= 0.6 is 11.3 Å². The molecule has 0 aliphatic heterocycles. The Labute approximate surface area is 188 Å². The minimum absolute atomic E-state index is 0.0877. The van der Waals surface area contributed by atoms with Gasteiger partial charge in [0.05, 0.1) is 32.2 Å². The average Bonchev–Trinajstić information content (AvgIpc) is 3.25. The van der Waals surface area contributed by atoms with Crippen molar-refractivity contribution in [2.45, 2.75) is 6.92 Å². The van der Waals surface area contributed by atoms with E-state index < -0.39 is 11.5 Å². The van der Waals surface area contributed by atoms with Crippen LogP contribution in [0, 0.1) is 0 Å². The van der Waals surface area contributed by atoms with Gasteiger partial charge < -0.3 is 19.5 Å². The first-order valence-electron chi connectivity index (χ1n) is 9.82. The lowest BCUT2D eigenvalue weighted by atomic mass is 10.1. The van der Waals surface area contributed by atoms with Crippen molar-refractivity contribution < 1.29 is 19.0 Å². The normalized spacial score (nSPS) is 10.7. The van der Waals surface area contributed by atoms with Crippen LogP contribution in [0.25, 0.3) is 16.2 Å². The predicted octanol–water partition coefficient (Wildman–Crippen LogP) is 4.09. The van der Waals surface area contributed by atoms with E-state index in [1.807, 2.05) is 13.0 Å². The summed E-state index contributed by atoms with van der Waals surface area (Å²) in [6.07, 6.45) is 1.29. The largest absolute Gasteiger partial charge is 0.497 e. The molecule has 1 amide bonds. The number of benzene rings is 2. The number of fused-ring (bicyclic) bond motifs is 1. The third-order valence-electron chi connectivity index (χ3n) is 4.81. The van der Waals surface area contributed by atoms with E-state index in [9.17, 15) is 9.59 Å². The van der Waals surface area contributed by atoms with Crippen LogP contribution in [0.3, 0.4) is 0 Å². The Morgan fingerprint density at radius 2 is 1.94 bits per heavy atom. The maximum atomic E-state index is 13.3. The van der Waals surface area contributed by atoms with Crippen molar-refractivity contribution in [3.8, 4) is 28.5 Å². The van der Waals surface area contributed by atoms with Gasteiger partial charge in [-0.3, -0.25) is 14.0 Å². The number of methoxy groups -OCH3 is 2. The van der Waals surface area contributed by atoms with Gasteiger partial charge in [0.1, 0.15) is 22.8 Å². The molecular formula is C23H21N3O5S. The highest BCUT2D eigenvalue weighted by atomic mass is 32.1. The minimum atomic E-state index is -0.571. The predicted molar refractivity (Wildman–Crippen MR) is 123 cm³/mol. The molecule has 0 aliphatic carbocycles. The number of nitrogens with one attached hydrogen (secondary N) is 1. The van der Waals surface area contributed by atoms with E-state index in [4.69, 9.17) is 14.2 Å². The van der Waals surface area contributed by atoms with Crippen molar-refractivity contribution in [3.05, 3.63) is 70.0 Å². The number of amides is 1. The molecule has 0 aliphatic rings. The first kappa shape index (κ1) is 21.4. The van der Waals surface area contributed by atoms with E-state index in [1.54, 1.807) is 56.0 Å². The summed E-state index contributed by atoms with van der Waals surface area (Å²) in [7, 11) is 3.11. The fourth-order valence-electron chi connectivity index (χ4n) is 3.29. The average molecular weight is 452 g/mol. The number of aromatic nitrogens is 2. The minimum Gasteiger partial charge on any atom is -0.497 e. The third kappa shape index (κ3) is 3.90. The number of nitrogens with zero attached hydrogens (tertiary/aromatic N) is 2. The lowest BCUT2D eigenvalue weighted by Gasteiger charge is -2.12. The second-order valence-corrected chi connectivity index (χ2v) is 7.50. The molecule has 8 nitrogen and oxygen atoms in total. The van der Waals surface area contributed by atoms with Crippen molar-refractivity contribution in [3.63, 3.8) is 0 Å². The van der Waals surface area contributed by atoms with Gasteiger partial charge in [0.15, 0.2) is 4.96 Å². The van der Waals surface area contributed by atoms with Gasteiger partial charge in [-0.1, -0.05) is 12.1 Å². The van der Waals surface area contributed by atoms with E-state index >= 15 is 0 Å². The molecule has 1 N–H and O–H groups in total. The van der Waals surface area contributed by atoms with E-state index in [0.717, 1.165) is 0 Å². The number of carbonyl (C=O) groups excluding carboxylic acids is 1. The highest BCUT2D eigenvalue weighted by Crippen LogP contribution is 2.35. The van der Waals surface area contributed by atoms with Crippen LogP contribution in [0.15, 0.2) is 58.8 Å². The zero-order valence-electron chi connectivity index (χ0n) is 17.7. The zero-order chi connectivity index (χ0) is 22.7. The molecule has 9 heteroatoms. The lowest BCUT2D eigenvalue weighted by molar-refractivity contribution is 0.102. The van der Waals surface area contributed by atoms with E-state index in [2.05, 4.69) is 10.3 Å². The maximum Gasteiger partial charge on any atom is 0.271 e. The molecule has 164 valence electrons. The van der Waals surface area contributed by atoms with Crippen LogP contribution in [-0.2, 0) is 0 Å². The quantitative estimate of drug-likeness (QED) is 0.455. The summed E-state index contributed by atoms with van der Waals surface area (Å²) in [5.74, 6) is 1.13. The summed E-state index contributed by atoms with van der Waals surface area (Å²) in [4.78, 5) is 31.1. The third-order valence-corrected chi connectivity index (χ3v) is 5.65. The first-order chi connectivity index (χ1) is 15.6. The van der Waals surface area contributed by atoms with Gasteiger partial charge in [0, 0.05) is 17.1 Å².